The average Bonchev–Trinajstić information content (AvgIpc) is 2.78. The van der Waals surface area contributed by atoms with Crippen molar-refractivity contribution in [3.63, 3.8) is 0 Å². The number of carbonyl (C=O) groups excluding carboxylic acids is 1. The molecule has 4 nitrogen and oxygen atoms in total. The third-order valence-electron chi connectivity index (χ3n) is 5.91. The summed E-state index contributed by atoms with van der Waals surface area (Å²) in [7, 11) is 0. The van der Waals surface area contributed by atoms with E-state index in [2.05, 4.69) is 35.3 Å². The van der Waals surface area contributed by atoms with Crippen molar-refractivity contribution in [2.24, 2.45) is 0 Å². The number of hydrogen-bond acceptors (Lipinski definition) is 4. The van der Waals surface area contributed by atoms with E-state index in [1.807, 2.05) is 30.3 Å². The van der Waals surface area contributed by atoms with E-state index in [1.54, 1.807) is 0 Å². The molecule has 2 aliphatic heterocycles. The Morgan fingerprint density at radius 3 is 2.62 bits per heavy atom. The van der Waals surface area contributed by atoms with Crippen molar-refractivity contribution in [1.82, 2.24) is 10.2 Å². The number of likely N-dealkylation sites (tertiary alicyclic amines) is 1. The number of aryl methyl sites for hydroxylation is 1. The number of benzene rings is 2. The highest BCUT2D eigenvalue weighted by molar-refractivity contribution is 5.93. The van der Waals surface area contributed by atoms with Crippen LogP contribution in [-0.4, -0.2) is 37.4 Å². The van der Waals surface area contributed by atoms with Crippen LogP contribution in [0.2, 0.25) is 0 Å². The predicted octanol–water partition coefficient (Wildman–Crippen LogP) is 4.56. The third kappa shape index (κ3) is 4.38. The van der Waals surface area contributed by atoms with Crippen molar-refractivity contribution in [3.8, 4) is 0 Å². The summed E-state index contributed by atoms with van der Waals surface area (Å²) in [6.45, 7) is 6.26. The number of ether oxygens (including phenoxy) is 1. The fourth-order valence-corrected chi connectivity index (χ4v) is 4.40. The number of hydrogen-bond donors (Lipinski definition) is 1. The first-order chi connectivity index (χ1) is 14.3. The van der Waals surface area contributed by atoms with Crippen molar-refractivity contribution >= 4 is 17.7 Å². The van der Waals surface area contributed by atoms with Crippen LogP contribution in [0.1, 0.15) is 54.0 Å². The lowest BCUT2D eigenvalue weighted by molar-refractivity contribution is -0.109. The normalized spacial score (nSPS) is 19.4. The summed E-state index contributed by atoms with van der Waals surface area (Å²) < 4.78 is 6.42. The molecule has 1 fully saturated rings. The summed E-state index contributed by atoms with van der Waals surface area (Å²) >= 11 is 0. The fourth-order valence-electron chi connectivity index (χ4n) is 4.40. The van der Waals surface area contributed by atoms with Gasteiger partial charge in [-0.25, -0.2) is 0 Å². The van der Waals surface area contributed by atoms with Gasteiger partial charge in [0.05, 0.1) is 12.3 Å². The molecule has 1 unspecified atom stereocenters. The van der Waals surface area contributed by atoms with Gasteiger partial charge in [0.1, 0.15) is 12.3 Å². The number of nitrogens with one attached hydrogen (secondary N) is 1. The summed E-state index contributed by atoms with van der Waals surface area (Å²) in [5, 5.41) is 3.42. The van der Waals surface area contributed by atoms with Gasteiger partial charge in [-0.1, -0.05) is 55.0 Å². The van der Waals surface area contributed by atoms with Gasteiger partial charge < -0.3 is 19.7 Å². The molecule has 0 saturated carbocycles. The Bertz CT molecular complexity index is 870. The average molecular weight is 391 g/mol. The van der Waals surface area contributed by atoms with Gasteiger partial charge in [-0.15, -0.1) is 0 Å². The molecule has 0 bridgehead atoms. The summed E-state index contributed by atoms with van der Waals surface area (Å²) in [6, 6.07) is 15.9. The van der Waals surface area contributed by atoms with Gasteiger partial charge in [0.25, 0.3) is 0 Å². The second-order valence-electron chi connectivity index (χ2n) is 7.97. The van der Waals surface area contributed by atoms with E-state index >= 15 is 0 Å². The van der Waals surface area contributed by atoms with E-state index in [-0.39, 0.29) is 6.04 Å². The highest BCUT2D eigenvalue weighted by Gasteiger charge is 2.29. The van der Waals surface area contributed by atoms with Crippen molar-refractivity contribution in [1.29, 1.82) is 0 Å². The van der Waals surface area contributed by atoms with E-state index in [9.17, 15) is 4.79 Å². The lowest BCUT2D eigenvalue weighted by atomic mass is 9.90. The molecule has 0 radical (unpaired) electrons. The second-order valence-corrected chi connectivity index (χ2v) is 7.97. The van der Waals surface area contributed by atoms with E-state index in [1.165, 1.54) is 32.4 Å². The van der Waals surface area contributed by atoms with Crippen LogP contribution in [0.3, 0.4) is 0 Å². The van der Waals surface area contributed by atoms with Crippen molar-refractivity contribution in [2.75, 3.05) is 26.2 Å². The number of piperidine rings is 1. The molecule has 0 amide bonds. The third-order valence-corrected chi connectivity index (χ3v) is 5.91. The van der Waals surface area contributed by atoms with Crippen LogP contribution in [0.25, 0.3) is 11.5 Å². The quantitative estimate of drug-likeness (QED) is 0.556. The predicted molar refractivity (Wildman–Crippen MR) is 117 cm³/mol. The molecule has 0 aliphatic carbocycles. The molecule has 0 aromatic heterocycles. The summed E-state index contributed by atoms with van der Waals surface area (Å²) in [6.07, 6.45) is 5.97. The number of aldehydes is 1. The van der Waals surface area contributed by atoms with Crippen LogP contribution in [0.15, 0.2) is 48.5 Å². The molecule has 2 heterocycles. The van der Waals surface area contributed by atoms with Gasteiger partial charge in [0.15, 0.2) is 5.76 Å². The van der Waals surface area contributed by atoms with Crippen molar-refractivity contribution in [3.05, 3.63) is 70.8 Å². The molecule has 4 rings (SSSR count). The van der Waals surface area contributed by atoms with E-state index in [0.29, 0.717) is 6.61 Å². The Morgan fingerprint density at radius 1 is 1.07 bits per heavy atom. The minimum Gasteiger partial charge on any atom is -0.491 e. The van der Waals surface area contributed by atoms with E-state index < -0.39 is 0 Å². The molecule has 2 aromatic carbocycles. The van der Waals surface area contributed by atoms with Gasteiger partial charge in [0.2, 0.25) is 0 Å². The fraction of sp³-hybridized carbons (Fsp3) is 0.400. The highest BCUT2D eigenvalue weighted by Crippen LogP contribution is 2.38. The van der Waals surface area contributed by atoms with Crippen LogP contribution in [0, 0.1) is 6.92 Å². The monoisotopic (exact) mass is 390 g/mol. The first-order valence-electron chi connectivity index (χ1n) is 10.7. The number of nitrogens with zero attached hydrogens (tertiary/aromatic N) is 1. The molecule has 0 spiro atoms. The molecular formula is C25H30N2O2. The minimum atomic E-state index is -0.360. The Hall–Kier alpha value is -2.59. The van der Waals surface area contributed by atoms with Crippen molar-refractivity contribution in [2.45, 2.75) is 38.6 Å². The molecule has 2 aliphatic rings. The van der Waals surface area contributed by atoms with Gasteiger partial charge >= 0.3 is 0 Å². The lowest BCUT2D eigenvalue weighted by Crippen LogP contribution is -2.31. The molecule has 1 N–H and O–H groups in total. The standard InChI is InChI=1S/C25H30N2O2/c1-19-10-8-13-21-22(18-28)26-24(20-11-4-2-5-12-20)25(23(19)21)29-17-9-16-27-14-6-3-7-15-27/h2,4-5,8,10-13,18,22,26H,3,6-7,9,14-17H2,1H3. The molecule has 1 saturated heterocycles. The van der Waals surface area contributed by atoms with Gasteiger partial charge in [-0.3, -0.25) is 0 Å². The first kappa shape index (κ1) is 19.7. The van der Waals surface area contributed by atoms with Crippen molar-refractivity contribution < 1.29 is 9.53 Å². The molecule has 152 valence electrons. The smallest absolute Gasteiger partial charge is 0.150 e. The molecule has 4 heteroatoms. The van der Waals surface area contributed by atoms with E-state index in [4.69, 9.17) is 4.74 Å². The number of rotatable bonds is 7. The molecule has 29 heavy (non-hydrogen) atoms. The zero-order chi connectivity index (χ0) is 20.1. The summed E-state index contributed by atoms with van der Waals surface area (Å²) in [4.78, 5) is 14.4. The molecule has 2 aromatic rings. The number of fused-ring (bicyclic) bond motifs is 1. The highest BCUT2D eigenvalue weighted by atomic mass is 16.5. The van der Waals surface area contributed by atoms with Crippen LogP contribution >= 0.6 is 0 Å². The molecular weight excluding hydrogens is 360 g/mol. The lowest BCUT2D eigenvalue weighted by Gasteiger charge is -2.31. The van der Waals surface area contributed by atoms with E-state index in [0.717, 1.165) is 53.0 Å². The van der Waals surface area contributed by atoms with Gasteiger partial charge in [-0.2, -0.15) is 0 Å². The topological polar surface area (TPSA) is 41.6 Å². The number of carbonyl (C=O) groups is 1. The maximum Gasteiger partial charge on any atom is 0.150 e. The zero-order valence-electron chi connectivity index (χ0n) is 17.2. The maximum atomic E-state index is 11.8. The largest absolute Gasteiger partial charge is 0.491 e. The summed E-state index contributed by atoms with van der Waals surface area (Å²) in [5.74, 6) is 0.862. The maximum absolute atomic E-state index is 11.8. The van der Waals surface area contributed by atoms with Crippen LogP contribution in [0.5, 0.6) is 0 Å². The molecule has 1 atom stereocenters. The Balaban J connectivity index is 1.60. The zero-order valence-corrected chi connectivity index (χ0v) is 17.2. The SMILES string of the molecule is Cc1cccc2c1C(OCCCN1CCCCC1)=C(c1ccccc1)NC2C=O. The van der Waals surface area contributed by atoms with Crippen LogP contribution < -0.4 is 5.32 Å². The first-order valence-corrected chi connectivity index (χ1v) is 10.7. The van der Waals surface area contributed by atoms with Crippen LogP contribution in [0.4, 0.5) is 0 Å². The van der Waals surface area contributed by atoms with Crippen LogP contribution in [-0.2, 0) is 9.53 Å². The minimum absolute atomic E-state index is 0.360. The van der Waals surface area contributed by atoms with Gasteiger partial charge in [0, 0.05) is 17.7 Å². The Labute approximate surface area is 173 Å². The summed E-state index contributed by atoms with van der Waals surface area (Å²) in [5.41, 5.74) is 5.13. The Morgan fingerprint density at radius 2 is 1.86 bits per heavy atom. The Kier molecular flexibility index (Phi) is 6.30. The second kappa shape index (κ2) is 9.27. The van der Waals surface area contributed by atoms with Gasteiger partial charge in [-0.05, 0) is 50.4 Å².